The molecule has 6 aromatic carbocycles. The smallest absolute Gasteiger partial charge is 0.164 e. The van der Waals surface area contributed by atoms with Gasteiger partial charge in [0.15, 0.2) is 5.82 Å². The zero-order valence-corrected chi connectivity index (χ0v) is 28.4. The van der Waals surface area contributed by atoms with Gasteiger partial charge in [-0.3, -0.25) is 14.5 Å². The van der Waals surface area contributed by atoms with Gasteiger partial charge in [-0.15, -0.1) is 0 Å². The molecule has 0 N–H and O–H groups in total. The highest BCUT2D eigenvalue weighted by Crippen LogP contribution is 2.42. The molecule has 7 heteroatoms. The summed E-state index contributed by atoms with van der Waals surface area (Å²) >= 11 is 0. The molecule has 0 spiro atoms. The van der Waals surface area contributed by atoms with E-state index in [1.807, 2.05) is 0 Å². The summed E-state index contributed by atoms with van der Waals surface area (Å²) in [6.45, 7) is 0. The molecule has 0 bridgehead atoms. The first kappa shape index (κ1) is 14.6. The molecule has 0 aliphatic rings. The summed E-state index contributed by atoms with van der Waals surface area (Å²) < 4.78 is 256. The van der Waals surface area contributed by atoms with Gasteiger partial charge in [0.05, 0.1) is 101 Å². The largest absolute Gasteiger partial charge is 0.306 e. The quantitative estimate of drug-likeness (QED) is 0.175. The first-order chi connectivity index (χ1) is 39.9. The lowest BCUT2D eigenvalue weighted by Gasteiger charge is -2.20. The van der Waals surface area contributed by atoms with Gasteiger partial charge in [-0.1, -0.05) is 109 Å². The molecule has 0 aliphatic carbocycles. The maximum absolute atomic E-state index is 9.99. The molecule has 12 aromatic rings. The fourth-order valence-electron chi connectivity index (χ4n) is 7.11. The SMILES string of the molecule is [2H]c1nc([2H])c2c(c1[2H])c1c([2H])c([2H])c([2H])c([2H])c1n2-c1cccc(-c2nc(-c3c([2H])c([2H])c([2H])c([2H])c3[2H])c([2H])c(-n3c4c([2H])c([2H])c([2H])c([2H])c4c4c([2H])c([2H])c([2H])c([2H])c43)n2)c1-n1c2c([2H])nc([2H])c([2H])c2c2c([2H])c([2H])c([2H])c([2H])c21. The summed E-state index contributed by atoms with van der Waals surface area (Å²) in [6.07, 6.45) is -3.30. The molecule has 7 nitrogen and oxygen atoms in total. The summed E-state index contributed by atoms with van der Waals surface area (Å²) in [7, 11) is 0. The van der Waals surface area contributed by atoms with Gasteiger partial charge < -0.3 is 9.13 Å². The molecule has 0 fully saturated rings. The van der Waals surface area contributed by atoms with Crippen LogP contribution in [0.5, 0.6) is 0 Å². The fraction of sp³-hybridized carbons (Fsp3) is 0. The van der Waals surface area contributed by atoms with Gasteiger partial charge in [0.25, 0.3) is 0 Å². The van der Waals surface area contributed by atoms with Crippen LogP contribution in [0.15, 0.2) is 188 Å². The van der Waals surface area contributed by atoms with Gasteiger partial charge in [-0.2, -0.15) is 0 Å². The minimum absolute atomic E-state index is 0.413. The van der Waals surface area contributed by atoms with Crippen LogP contribution in [0.2, 0.25) is 0 Å². The van der Waals surface area contributed by atoms with Crippen molar-refractivity contribution in [2.75, 3.05) is 0 Å². The van der Waals surface area contributed by atoms with Crippen LogP contribution in [-0.2, 0) is 0 Å². The van der Waals surface area contributed by atoms with E-state index in [0.29, 0.717) is 0 Å². The van der Waals surface area contributed by atoms with Gasteiger partial charge in [0.2, 0.25) is 0 Å². The van der Waals surface area contributed by atoms with E-state index in [1.54, 1.807) is 0 Å². The van der Waals surface area contributed by atoms with E-state index in [4.69, 9.17) is 31.9 Å². The molecule has 0 amide bonds. The Hall–Kier alpha value is -7.90. The predicted molar refractivity (Wildman–Crippen MR) is 232 cm³/mol. The first-order valence-corrected chi connectivity index (χ1v) is 16.8. The van der Waals surface area contributed by atoms with Crippen molar-refractivity contribution in [3.8, 4) is 39.8 Å². The van der Waals surface area contributed by atoms with Crippen LogP contribution in [0.4, 0.5) is 0 Å². The highest BCUT2D eigenvalue weighted by molar-refractivity contribution is 6.12. The van der Waals surface area contributed by atoms with E-state index < -0.39 is 275 Å². The number of pyridine rings is 2. The number of para-hydroxylation sites is 5. The summed E-state index contributed by atoms with van der Waals surface area (Å²) in [6, 6.07) is -17.1. The highest BCUT2D eigenvalue weighted by Gasteiger charge is 2.25. The molecular weight excluding hydrogens is 699 g/mol. The maximum atomic E-state index is 9.99. The maximum Gasteiger partial charge on any atom is 0.164 e. The number of hydrogen-bond donors (Lipinski definition) is 0. The number of nitrogens with zero attached hydrogens (tertiary/aromatic N) is 7. The van der Waals surface area contributed by atoms with Gasteiger partial charge in [0, 0.05) is 61.8 Å². The molecule has 0 radical (unpaired) electrons. The van der Waals surface area contributed by atoms with Crippen molar-refractivity contribution in [1.82, 2.24) is 33.6 Å². The Bertz CT molecular complexity index is 5080. The van der Waals surface area contributed by atoms with Crippen LogP contribution in [0.25, 0.3) is 105 Å². The average Bonchev–Trinajstić information content (AvgIpc) is 1.59. The Labute approximate surface area is 365 Å². The molecule has 0 unspecified atom stereocenters. The second kappa shape index (κ2) is 12.3. The average molecular weight is 758 g/mol. The lowest BCUT2D eigenvalue weighted by molar-refractivity contribution is 1.03. The van der Waals surface area contributed by atoms with Crippen molar-refractivity contribution < 1.29 is 38.4 Å². The zero-order valence-electron chi connectivity index (χ0n) is 56.4. The minimum atomic E-state index is -0.999. The topological polar surface area (TPSA) is 66.3 Å². The molecule has 12 rings (SSSR count). The van der Waals surface area contributed by atoms with Gasteiger partial charge >= 0.3 is 0 Å². The fourth-order valence-corrected chi connectivity index (χ4v) is 7.11. The van der Waals surface area contributed by atoms with Gasteiger partial charge in [0.1, 0.15) is 5.82 Å². The molecule has 0 atom stereocenters. The van der Waals surface area contributed by atoms with Crippen LogP contribution in [0.1, 0.15) is 38.4 Å². The third-order valence-electron chi connectivity index (χ3n) is 9.36. The van der Waals surface area contributed by atoms with Gasteiger partial charge in [-0.05, 0) is 48.4 Å². The standard InChI is InChI=1S/C50H31N7/c1-2-13-32(14-3-1)40-29-48(56-42-21-9-5-15-33(42)34-16-6-10-22-43(34)56)54-50(53-40)39-19-12-24-45(55-41-20-8-4-17-35(41)37-25-27-51-30-46(37)55)49(39)57-44-23-11-7-18-36(44)38-26-28-52-31-47(38)57/h1-31H/i1D,2D,3D,4D,5D,6D,7D,8D,9D,10D,11D,13D,14D,15D,16D,17D,18D,20D,21D,22D,23D,25D,26D,27D,28D,29D,30D,31D. The van der Waals surface area contributed by atoms with E-state index in [1.165, 1.54) is 18.2 Å². The monoisotopic (exact) mass is 757 g/mol. The Kier molecular flexibility index (Phi) is 3.16. The molecular formula is C50H31N7. The molecule has 6 aromatic heterocycles. The third-order valence-corrected chi connectivity index (χ3v) is 9.36. The molecule has 0 aliphatic heterocycles. The first-order valence-electron chi connectivity index (χ1n) is 30.8. The minimum Gasteiger partial charge on any atom is -0.306 e. The number of rotatable bonds is 5. The summed E-state index contributed by atoms with van der Waals surface area (Å²) in [4.78, 5) is 17.5. The lowest BCUT2D eigenvalue weighted by atomic mass is 10.1. The van der Waals surface area contributed by atoms with Crippen molar-refractivity contribution in [2.24, 2.45) is 0 Å². The Morgan fingerprint density at radius 2 is 0.930 bits per heavy atom. The van der Waals surface area contributed by atoms with Crippen LogP contribution in [0.3, 0.4) is 0 Å². The van der Waals surface area contributed by atoms with E-state index in [9.17, 15) is 16.4 Å². The number of hydrogen-bond acceptors (Lipinski definition) is 4. The lowest BCUT2D eigenvalue weighted by Crippen LogP contribution is -2.08. The molecule has 57 heavy (non-hydrogen) atoms. The Balaban J connectivity index is 1.41. The van der Waals surface area contributed by atoms with Crippen LogP contribution < -0.4 is 0 Å². The van der Waals surface area contributed by atoms with Crippen molar-refractivity contribution in [1.29, 1.82) is 0 Å². The second-order valence-electron chi connectivity index (χ2n) is 12.3. The summed E-state index contributed by atoms with van der Waals surface area (Å²) in [5.74, 6) is -1.63. The molecule has 0 saturated heterocycles. The molecule has 0 saturated carbocycles. The molecule has 6 heterocycles. The number of aromatic nitrogens is 7. The highest BCUT2D eigenvalue weighted by atomic mass is 15.1. The molecule has 266 valence electrons. The zero-order chi connectivity index (χ0) is 61.8. The number of benzene rings is 6. The Morgan fingerprint density at radius 1 is 0.439 bits per heavy atom. The van der Waals surface area contributed by atoms with Crippen LogP contribution in [-0.4, -0.2) is 33.6 Å². The Morgan fingerprint density at radius 3 is 1.53 bits per heavy atom. The van der Waals surface area contributed by atoms with Crippen molar-refractivity contribution in [3.05, 3.63) is 188 Å². The van der Waals surface area contributed by atoms with Crippen LogP contribution in [0, 0.1) is 0 Å². The normalized spacial score (nSPS) is 18.7. The van der Waals surface area contributed by atoms with E-state index in [-0.39, 0.29) is 0 Å². The van der Waals surface area contributed by atoms with E-state index in [2.05, 4.69) is 9.97 Å². The van der Waals surface area contributed by atoms with Crippen molar-refractivity contribution in [2.45, 2.75) is 0 Å². The third kappa shape index (κ3) is 4.66. The van der Waals surface area contributed by atoms with Gasteiger partial charge in [-0.25, -0.2) is 9.97 Å². The summed E-state index contributed by atoms with van der Waals surface area (Å²) in [5.41, 5.74) is -6.41. The van der Waals surface area contributed by atoms with Crippen molar-refractivity contribution >= 4 is 65.4 Å². The van der Waals surface area contributed by atoms with E-state index >= 15 is 0 Å². The summed E-state index contributed by atoms with van der Waals surface area (Å²) in [5, 5.41) is -2.80. The van der Waals surface area contributed by atoms with Crippen LogP contribution >= 0.6 is 0 Å². The second-order valence-corrected chi connectivity index (χ2v) is 12.3. The number of fused-ring (bicyclic) bond motifs is 9. The van der Waals surface area contributed by atoms with E-state index in [0.717, 1.165) is 13.7 Å². The predicted octanol–water partition coefficient (Wildman–Crippen LogP) is 11.9. The van der Waals surface area contributed by atoms with Crippen molar-refractivity contribution in [3.63, 3.8) is 0 Å².